The second kappa shape index (κ2) is 4.56. The van der Waals surface area contributed by atoms with E-state index in [0.717, 1.165) is 44.5 Å². The minimum atomic E-state index is -0.310. The Morgan fingerprint density at radius 1 is 1.10 bits per heavy atom. The first-order chi connectivity index (χ1) is 9.89. The molecule has 0 aromatic carbocycles. The van der Waals surface area contributed by atoms with Gasteiger partial charge < -0.3 is 14.6 Å². The monoisotopic (exact) mass is 292 g/mol. The van der Waals surface area contributed by atoms with Crippen LogP contribution in [0, 0.1) is 29.1 Å². The highest BCUT2D eigenvalue weighted by molar-refractivity contribution is 5.14. The molecule has 1 heterocycles. The van der Waals surface area contributed by atoms with Gasteiger partial charge in [-0.25, -0.2) is 0 Å². The van der Waals surface area contributed by atoms with Crippen LogP contribution < -0.4 is 0 Å². The molecular weight excluding hydrogens is 264 g/mol. The van der Waals surface area contributed by atoms with E-state index in [1.807, 2.05) is 0 Å². The van der Waals surface area contributed by atoms with Gasteiger partial charge in [0.05, 0.1) is 19.3 Å². The van der Waals surface area contributed by atoms with Gasteiger partial charge in [0, 0.05) is 18.3 Å². The normalized spacial score (nSPS) is 47.4. The molecule has 1 aliphatic heterocycles. The van der Waals surface area contributed by atoms with Crippen molar-refractivity contribution in [2.24, 2.45) is 29.1 Å². The fourth-order valence-corrected chi connectivity index (χ4v) is 5.33. The quantitative estimate of drug-likeness (QED) is 0.697. The maximum atomic E-state index is 10.4. The Kier molecular flexibility index (Phi) is 3.09. The van der Waals surface area contributed by atoms with Gasteiger partial charge in [-0.2, -0.15) is 0 Å². The lowest BCUT2D eigenvalue weighted by Gasteiger charge is -2.43. The van der Waals surface area contributed by atoms with Gasteiger partial charge in [0.2, 0.25) is 0 Å². The molecule has 1 N–H and O–H groups in total. The van der Waals surface area contributed by atoms with Crippen LogP contribution in [0.1, 0.15) is 46.0 Å². The van der Waals surface area contributed by atoms with Gasteiger partial charge in [0.1, 0.15) is 0 Å². The molecule has 3 heteroatoms. The average Bonchev–Trinajstić information content (AvgIpc) is 2.94. The van der Waals surface area contributed by atoms with Gasteiger partial charge in [0.15, 0.2) is 5.79 Å². The summed E-state index contributed by atoms with van der Waals surface area (Å²) in [4.78, 5) is 0. The predicted octanol–water partition coefficient (Wildman–Crippen LogP) is 3.13. The molecule has 4 aliphatic rings. The highest BCUT2D eigenvalue weighted by Crippen LogP contribution is 2.60. The number of hydrogen-bond donors (Lipinski definition) is 1. The first-order valence-corrected chi connectivity index (χ1v) is 8.53. The largest absolute Gasteiger partial charge is 0.388 e. The highest BCUT2D eigenvalue weighted by atomic mass is 16.7. The summed E-state index contributed by atoms with van der Waals surface area (Å²) in [5.41, 5.74) is 1.20. The van der Waals surface area contributed by atoms with Crippen molar-refractivity contribution in [3.8, 4) is 0 Å². The van der Waals surface area contributed by atoms with Crippen molar-refractivity contribution in [3.05, 3.63) is 12.2 Å². The molecule has 4 fully saturated rings. The van der Waals surface area contributed by atoms with Crippen molar-refractivity contribution < 1.29 is 14.6 Å². The Balaban J connectivity index is 1.48. The van der Waals surface area contributed by atoms with Crippen LogP contribution in [-0.2, 0) is 9.47 Å². The molecule has 118 valence electrons. The van der Waals surface area contributed by atoms with Gasteiger partial charge in [0.25, 0.3) is 0 Å². The van der Waals surface area contributed by atoms with Gasteiger partial charge in [-0.1, -0.05) is 20.4 Å². The van der Waals surface area contributed by atoms with E-state index < -0.39 is 0 Å². The van der Waals surface area contributed by atoms with Crippen LogP contribution in [0.25, 0.3) is 0 Å². The smallest absolute Gasteiger partial charge is 0.168 e. The minimum absolute atomic E-state index is 0.143. The lowest BCUT2D eigenvalue weighted by atomic mass is 9.73. The molecule has 0 aromatic rings. The number of ether oxygens (including phenoxy) is 2. The van der Waals surface area contributed by atoms with Gasteiger partial charge in [-0.15, -0.1) is 0 Å². The molecule has 5 atom stereocenters. The summed E-state index contributed by atoms with van der Waals surface area (Å²) in [6, 6.07) is 0. The van der Waals surface area contributed by atoms with Crippen LogP contribution in [0.15, 0.2) is 12.2 Å². The van der Waals surface area contributed by atoms with E-state index in [2.05, 4.69) is 20.4 Å². The highest BCUT2D eigenvalue weighted by Gasteiger charge is 2.58. The first kappa shape index (κ1) is 14.2. The van der Waals surface area contributed by atoms with Crippen molar-refractivity contribution in [1.29, 1.82) is 0 Å². The second-order valence-corrected chi connectivity index (χ2v) is 8.69. The van der Waals surface area contributed by atoms with Gasteiger partial charge in [-0.05, 0) is 48.5 Å². The molecule has 1 saturated heterocycles. The standard InChI is InChI=1S/C18H28O3/c1-11-4-5-13-14(16(11)19)6-12-7-18(8-15(12)13)20-9-17(2,3)10-21-18/h12-16,19H,1,4-10H2,2-3H3/t12-,13?,14?,15+,16?/m0/s1. The summed E-state index contributed by atoms with van der Waals surface area (Å²) in [6.07, 6.45) is 5.12. The van der Waals surface area contributed by atoms with E-state index >= 15 is 0 Å². The van der Waals surface area contributed by atoms with Crippen LogP contribution in [0.4, 0.5) is 0 Å². The third kappa shape index (κ3) is 2.20. The number of hydrogen-bond acceptors (Lipinski definition) is 3. The van der Waals surface area contributed by atoms with Crippen LogP contribution >= 0.6 is 0 Å². The molecule has 3 aliphatic carbocycles. The zero-order valence-corrected chi connectivity index (χ0v) is 13.3. The zero-order chi connectivity index (χ0) is 14.8. The van der Waals surface area contributed by atoms with Crippen molar-refractivity contribution >= 4 is 0 Å². The summed E-state index contributed by atoms with van der Waals surface area (Å²) in [5, 5.41) is 10.4. The van der Waals surface area contributed by atoms with E-state index in [4.69, 9.17) is 9.47 Å². The molecule has 3 saturated carbocycles. The van der Waals surface area contributed by atoms with Gasteiger partial charge in [-0.3, -0.25) is 0 Å². The van der Waals surface area contributed by atoms with Crippen LogP contribution in [-0.4, -0.2) is 30.2 Å². The van der Waals surface area contributed by atoms with Crippen LogP contribution in [0.5, 0.6) is 0 Å². The summed E-state index contributed by atoms with van der Waals surface area (Å²) < 4.78 is 12.4. The third-order valence-electron chi connectivity index (χ3n) is 6.47. The van der Waals surface area contributed by atoms with E-state index in [-0.39, 0.29) is 17.3 Å². The molecule has 0 aromatic heterocycles. The lowest BCUT2D eigenvalue weighted by molar-refractivity contribution is -0.298. The topological polar surface area (TPSA) is 38.7 Å². The van der Waals surface area contributed by atoms with Crippen LogP contribution in [0.3, 0.4) is 0 Å². The van der Waals surface area contributed by atoms with E-state index in [9.17, 15) is 5.11 Å². The van der Waals surface area contributed by atoms with E-state index in [1.54, 1.807) is 0 Å². The molecule has 0 radical (unpaired) electrons. The SMILES string of the molecule is C=C1CCC2C(C[C@H]3CC4(C[C@@H]23)OCC(C)(C)CO4)C1O. The second-order valence-electron chi connectivity index (χ2n) is 8.69. The Morgan fingerprint density at radius 3 is 2.52 bits per heavy atom. The molecule has 1 spiro atoms. The molecule has 4 rings (SSSR count). The Bertz CT molecular complexity index is 445. The minimum Gasteiger partial charge on any atom is -0.388 e. The van der Waals surface area contributed by atoms with Crippen molar-refractivity contribution in [3.63, 3.8) is 0 Å². The van der Waals surface area contributed by atoms with Crippen molar-refractivity contribution in [2.75, 3.05) is 13.2 Å². The summed E-state index contributed by atoms with van der Waals surface area (Å²) in [5.74, 6) is 2.13. The van der Waals surface area contributed by atoms with Gasteiger partial charge >= 0.3 is 0 Å². The summed E-state index contributed by atoms with van der Waals surface area (Å²) in [6.45, 7) is 10.1. The summed E-state index contributed by atoms with van der Waals surface area (Å²) >= 11 is 0. The predicted molar refractivity (Wildman–Crippen MR) is 80.6 cm³/mol. The van der Waals surface area contributed by atoms with Crippen molar-refractivity contribution in [2.45, 2.75) is 57.8 Å². The maximum Gasteiger partial charge on any atom is 0.168 e. The van der Waals surface area contributed by atoms with E-state index in [1.165, 1.54) is 6.42 Å². The third-order valence-corrected chi connectivity index (χ3v) is 6.47. The Morgan fingerprint density at radius 2 is 1.81 bits per heavy atom. The van der Waals surface area contributed by atoms with E-state index in [0.29, 0.717) is 23.7 Å². The fourth-order valence-electron chi connectivity index (χ4n) is 5.33. The Hall–Kier alpha value is -0.380. The number of aliphatic hydroxyl groups is 1. The number of fused-ring (bicyclic) bond motifs is 3. The van der Waals surface area contributed by atoms with Crippen molar-refractivity contribution in [1.82, 2.24) is 0 Å². The number of rotatable bonds is 0. The summed E-state index contributed by atoms with van der Waals surface area (Å²) in [7, 11) is 0. The fraction of sp³-hybridized carbons (Fsp3) is 0.889. The molecule has 0 amide bonds. The zero-order valence-electron chi connectivity index (χ0n) is 13.3. The lowest BCUT2D eigenvalue weighted by Crippen LogP contribution is -2.47. The average molecular weight is 292 g/mol. The molecular formula is C18H28O3. The molecule has 3 unspecified atom stereocenters. The number of aliphatic hydroxyl groups excluding tert-OH is 1. The van der Waals surface area contributed by atoms with Crippen LogP contribution in [0.2, 0.25) is 0 Å². The maximum absolute atomic E-state index is 10.4. The molecule has 0 bridgehead atoms. The molecule has 3 nitrogen and oxygen atoms in total. The molecule has 21 heavy (non-hydrogen) atoms. The Labute approximate surface area is 127 Å². The first-order valence-electron chi connectivity index (χ1n) is 8.53.